The van der Waals surface area contributed by atoms with Crippen LogP contribution in [0.2, 0.25) is 0 Å². The Kier molecular flexibility index (Phi) is 4.45. The highest BCUT2D eigenvalue weighted by atomic mass is 16.5. The van der Waals surface area contributed by atoms with E-state index >= 15 is 0 Å². The van der Waals surface area contributed by atoms with Crippen molar-refractivity contribution in [1.29, 1.82) is 0 Å². The molecule has 0 unspecified atom stereocenters. The molecule has 5 aromatic carbocycles. The van der Waals surface area contributed by atoms with Crippen LogP contribution >= 0.6 is 0 Å². The van der Waals surface area contributed by atoms with Crippen molar-refractivity contribution in [3.63, 3.8) is 0 Å². The summed E-state index contributed by atoms with van der Waals surface area (Å²) in [6.45, 7) is 0. The van der Waals surface area contributed by atoms with Gasteiger partial charge in [0.1, 0.15) is 0 Å². The third kappa shape index (κ3) is 3.15. The Morgan fingerprint density at radius 2 is 1.05 bits per heavy atom. The van der Waals surface area contributed by atoms with Gasteiger partial charge in [-0.2, -0.15) is 0 Å². The molecule has 0 saturated carbocycles. The van der Waals surface area contributed by atoms with Gasteiger partial charge in [-0.1, -0.05) is 91.0 Å². The third-order valence-electron chi connectivity index (χ3n) is 7.02. The first kappa shape index (κ1) is 20.9. The zero-order valence-electron chi connectivity index (χ0n) is 20.2. The van der Waals surface area contributed by atoms with Gasteiger partial charge in [-0.3, -0.25) is 0 Å². The largest absolute Gasteiger partial charge is 0.453 e. The Morgan fingerprint density at radius 1 is 0.474 bits per heavy atom. The summed E-state index contributed by atoms with van der Waals surface area (Å²) < 4.78 is 8.77. The van der Waals surface area contributed by atoms with Crippen LogP contribution in [0.3, 0.4) is 0 Å². The van der Waals surface area contributed by atoms with Crippen molar-refractivity contribution in [2.24, 2.45) is 0 Å². The summed E-state index contributed by atoms with van der Waals surface area (Å²) in [4.78, 5) is 14.7. The van der Waals surface area contributed by atoms with E-state index in [1.165, 1.54) is 0 Å². The Hall–Kier alpha value is -5.29. The number of ether oxygens (including phenoxy) is 1. The van der Waals surface area contributed by atoms with E-state index in [-0.39, 0.29) is 0 Å². The number of benzene rings is 5. The summed E-state index contributed by atoms with van der Waals surface area (Å²) in [7, 11) is 0. The van der Waals surface area contributed by atoms with Crippen LogP contribution in [-0.4, -0.2) is 19.5 Å². The van der Waals surface area contributed by atoms with Crippen LogP contribution in [0.4, 0.5) is 0 Å². The highest BCUT2D eigenvalue weighted by Crippen LogP contribution is 2.46. The van der Waals surface area contributed by atoms with E-state index in [1.807, 2.05) is 84.9 Å². The molecule has 8 rings (SSSR count). The molecule has 1 aliphatic heterocycles. The van der Waals surface area contributed by atoms with Gasteiger partial charge in [-0.05, 0) is 30.3 Å². The van der Waals surface area contributed by atoms with Crippen molar-refractivity contribution < 1.29 is 4.74 Å². The van der Waals surface area contributed by atoms with E-state index in [4.69, 9.17) is 19.7 Å². The number of fused-ring (bicyclic) bond motifs is 5. The van der Waals surface area contributed by atoms with Crippen molar-refractivity contribution in [2.75, 3.05) is 0 Å². The van der Waals surface area contributed by atoms with Crippen LogP contribution in [0.5, 0.6) is 11.5 Å². The number of aromatic nitrogens is 4. The quantitative estimate of drug-likeness (QED) is 0.252. The molecule has 38 heavy (non-hydrogen) atoms. The summed E-state index contributed by atoms with van der Waals surface area (Å²) in [5.74, 6) is 3.49. The lowest BCUT2D eigenvalue weighted by molar-refractivity contribution is 0.476. The molecule has 0 saturated heterocycles. The second-order valence-electron chi connectivity index (χ2n) is 9.33. The van der Waals surface area contributed by atoms with Crippen molar-refractivity contribution in [1.82, 2.24) is 19.5 Å². The fourth-order valence-corrected chi connectivity index (χ4v) is 5.30. The summed E-state index contributed by atoms with van der Waals surface area (Å²) in [6.07, 6.45) is 0. The minimum absolute atomic E-state index is 0.607. The van der Waals surface area contributed by atoms with Gasteiger partial charge in [0.05, 0.1) is 16.7 Å². The predicted octanol–water partition coefficient (Wildman–Crippen LogP) is 8.08. The van der Waals surface area contributed by atoms with Crippen LogP contribution in [0, 0.1) is 0 Å². The maximum atomic E-state index is 6.48. The van der Waals surface area contributed by atoms with Crippen molar-refractivity contribution >= 4 is 21.8 Å². The second kappa shape index (κ2) is 8.11. The minimum Gasteiger partial charge on any atom is -0.453 e. The Morgan fingerprint density at radius 3 is 1.76 bits per heavy atom. The van der Waals surface area contributed by atoms with E-state index in [1.54, 1.807) is 0 Å². The SMILES string of the molecule is c1ccc(-c2nc(-c3ccccc3)nc(-c3cc4c5c(c3)c3ccccc3n5-c3ccccc3O4)n2)cc1. The van der Waals surface area contributed by atoms with Gasteiger partial charge in [-0.25, -0.2) is 15.0 Å². The monoisotopic (exact) mass is 488 g/mol. The number of para-hydroxylation sites is 3. The molecule has 0 spiro atoms. The Bertz CT molecular complexity index is 1940. The van der Waals surface area contributed by atoms with E-state index in [0.717, 1.165) is 55.7 Å². The number of hydrogen-bond acceptors (Lipinski definition) is 4. The molecule has 0 aliphatic carbocycles. The molecule has 178 valence electrons. The van der Waals surface area contributed by atoms with Gasteiger partial charge in [0.15, 0.2) is 29.0 Å². The molecule has 0 fully saturated rings. The summed E-state index contributed by atoms with van der Waals surface area (Å²) >= 11 is 0. The van der Waals surface area contributed by atoms with E-state index in [0.29, 0.717) is 17.5 Å². The molecular formula is C33H20N4O. The third-order valence-corrected chi connectivity index (χ3v) is 7.02. The minimum atomic E-state index is 0.607. The van der Waals surface area contributed by atoms with Crippen molar-refractivity contribution in [3.05, 3.63) is 121 Å². The number of nitrogens with zero attached hydrogens (tertiary/aromatic N) is 4. The molecule has 7 aromatic rings. The summed E-state index contributed by atoms with van der Waals surface area (Å²) in [6, 6.07) is 40.9. The second-order valence-corrected chi connectivity index (χ2v) is 9.33. The highest BCUT2D eigenvalue weighted by molar-refractivity contribution is 6.13. The van der Waals surface area contributed by atoms with E-state index < -0.39 is 0 Å². The van der Waals surface area contributed by atoms with Crippen LogP contribution in [-0.2, 0) is 0 Å². The molecule has 0 radical (unpaired) electrons. The lowest BCUT2D eigenvalue weighted by atomic mass is 10.1. The van der Waals surface area contributed by atoms with E-state index in [9.17, 15) is 0 Å². The van der Waals surface area contributed by atoms with Gasteiger partial charge < -0.3 is 9.30 Å². The van der Waals surface area contributed by atoms with Crippen LogP contribution in [0.1, 0.15) is 0 Å². The molecule has 1 aliphatic rings. The standard InChI is InChI=1S/C33H20N4O/c1-3-11-21(12-4-1)31-34-32(22-13-5-2-6-14-22)36-33(35-31)23-19-25-24-15-7-8-16-26(24)37-27-17-9-10-18-28(27)38-29(20-23)30(25)37/h1-20H. The highest BCUT2D eigenvalue weighted by Gasteiger charge is 2.25. The fraction of sp³-hybridized carbons (Fsp3) is 0. The number of rotatable bonds is 3. The van der Waals surface area contributed by atoms with Crippen LogP contribution in [0.25, 0.3) is 61.7 Å². The van der Waals surface area contributed by atoms with Gasteiger partial charge in [0.25, 0.3) is 0 Å². The predicted molar refractivity (Wildman–Crippen MR) is 151 cm³/mol. The zero-order chi connectivity index (χ0) is 25.1. The van der Waals surface area contributed by atoms with E-state index in [2.05, 4.69) is 41.0 Å². The molecule has 2 aromatic heterocycles. The molecule has 0 bridgehead atoms. The molecule has 5 heteroatoms. The summed E-state index contributed by atoms with van der Waals surface area (Å²) in [5, 5.41) is 2.26. The average molecular weight is 489 g/mol. The number of hydrogen-bond donors (Lipinski definition) is 0. The lowest BCUT2D eigenvalue weighted by Crippen LogP contribution is -2.04. The zero-order valence-corrected chi connectivity index (χ0v) is 20.2. The van der Waals surface area contributed by atoms with Gasteiger partial charge in [0.2, 0.25) is 0 Å². The molecule has 0 amide bonds. The molecule has 5 nitrogen and oxygen atoms in total. The summed E-state index contributed by atoms with van der Waals surface area (Å²) in [5.41, 5.74) is 6.00. The average Bonchev–Trinajstić information content (AvgIpc) is 3.33. The van der Waals surface area contributed by atoms with Gasteiger partial charge in [0, 0.05) is 27.5 Å². The van der Waals surface area contributed by atoms with Crippen molar-refractivity contribution in [2.45, 2.75) is 0 Å². The lowest BCUT2D eigenvalue weighted by Gasteiger charge is -2.21. The van der Waals surface area contributed by atoms with Gasteiger partial charge in [-0.15, -0.1) is 0 Å². The first-order valence-electron chi connectivity index (χ1n) is 12.6. The molecule has 0 N–H and O–H groups in total. The Labute approximate surface area is 218 Å². The molecule has 3 heterocycles. The topological polar surface area (TPSA) is 52.8 Å². The van der Waals surface area contributed by atoms with Gasteiger partial charge >= 0.3 is 0 Å². The molecule has 0 atom stereocenters. The first-order chi connectivity index (χ1) is 18.8. The van der Waals surface area contributed by atoms with Crippen LogP contribution in [0.15, 0.2) is 121 Å². The molecular weight excluding hydrogens is 468 g/mol. The maximum Gasteiger partial charge on any atom is 0.164 e. The Balaban J connectivity index is 1.42. The first-order valence-corrected chi connectivity index (χ1v) is 12.6. The smallest absolute Gasteiger partial charge is 0.164 e. The maximum absolute atomic E-state index is 6.48. The van der Waals surface area contributed by atoms with Crippen molar-refractivity contribution in [3.8, 4) is 51.3 Å². The fourth-order valence-electron chi connectivity index (χ4n) is 5.30. The normalized spacial score (nSPS) is 11.9. The van der Waals surface area contributed by atoms with Crippen LogP contribution < -0.4 is 4.74 Å².